The van der Waals surface area contributed by atoms with Gasteiger partial charge in [-0.1, -0.05) is 11.6 Å². The number of aromatic nitrogens is 1. The summed E-state index contributed by atoms with van der Waals surface area (Å²) in [6.45, 7) is 1.85. The Morgan fingerprint density at radius 1 is 1.50 bits per heavy atom. The standard InChI is InChI=1S/C13H11ClN2O2/c1-9-6-7-15-13(14)12(9)16-11(17)5-4-10-3-2-8-18-10/h2-8H,1H3,(H,16,17)/b5-4+. The van der Waals surface area contributed by atoms with E-state index in [-0.39, 0.29) is 11.1 Å². The SMILES string of the molecule is Cc1ccnc(Cl)c1NC(=O)/C=C/c1ccco1. The average Bonchev–Trinajstić information content (AvgIpc) is 2.84. The fourth-order valence-corrected chi connectivity index (χ4v) is 1.64. The molecule has 1 amide bonds. The molecule has 0 saturated heterocycles. The number of hydrogen-bond acceptors (Lipinski definition) is 3. The summed E-state index contributed by atoms with van der Waals surface area (Å²) in [5, 5.41) is 2.95. The second-order valence-electron chi connectivity index (χ2n) is 3.63. The van der Waals surface area contributed by atoms with Gasteiger partial charge in [0.25, 0.3) is 0 Å². The summed E-state index contributed by atoms with van der Waals surface area (Å²) in [6.07, 6.45) is 6.09. The number of rotatable bonds is 3. The summed E-state index contributed by atoms with van der Waals surface area (Å²) in [5.74, 6) is 0.323. The minimum Gasteiger partial charge on any atom is -0.465 e. The van der Waals surface area contributed by atoms with Crippen LogP contribution in [-0.2, 0) is 4.79 Å². The van der Waals surface area contributed by atoms with Crippen LogP contribution in [0.5, 0.6) is 0 Å². The van der Waals surface area contributed by atoms with Crippen molar-refractivity contribution in [3.8, 4) is 0 Å². The van der Waals surface area contributed by atoms with Crippen LogP contribution in [0.25, 0.3) is 6.08 Å². The van der Waals surface area contributed by atoms with E-state index in [1.54, 1.807) is 36.7 Å². The number of pyridine rings is 1. The normalized spacial score (nSPS) is 10.8. The Labute approximate surface area is 109 Å². The Morgan fingerprint density at radius 3 is 3.00 bits per heavy atom. The highest BCUT2D eigenvalue weighted by Gasteiger charge is 2.07. The molecule has 0 spiro atoms. The van der Waals surface area contributed by atoms with Crippen LogP contribution in [0.2, 0.25) is 5.15 Å². The molecule has 0 aliphatic carbocycles. The van der Waals surface area contributed by atoms with Crippen LogP contribution in [0, 0.1) is 6.92 Å². The molecule has 92 valence electrons. The Hall–Kier alpha value is -2.07. The van der Waals surface area contributed by atoms with Crippen molar-refractivity contribution in [3.05, 3.63) is 53.2 Å². The van der Waals surface area contributed by atoms with Gasteiger partial charge in [-0.05, 0) is 36.8 Å². The molecule has 0 atom stereocenters. The molecule has 2 rings (SSSR count). The lowest BCUT2D eigenvalue weighted by Gasteiger charge is -2.06. The van der Waals surface area contributed by atoms with Crippen molar-refractivity contribution in [2.24, 2.45) is 0 Å². The maximum Gasteiger partial charge on any atom is 0.248 e. The topological polar surface area (TPSA) is 55.1 Å². The van der Waals surface area contributed by atoms with Crippen LogP contribution < -0.4 is 5.32 Å². The first-order valence-electron chi connectivity index (χ1n) is 5.30. The molecule has 0 aromatic carbocycles. The zero-order valence-electron chi connectivity index (χ0n) is 9.68. The van der Waals surface area contributed by atoms with E-state index in [4.69, 9.17) is 16.0 Å². The third kappa shape index (κ3) is 2.99. The molecule has 0 aliphatic heterocycles. The van der Waals surface area contributed by atoms with Gasteiger partial charge in [0.1, 0.15) is 5.76 Å². The number of nitrogens with zero attached hydrogens (tertiary/aromatic N) is 1. The van der Waals surface area contributed by atoms with Gasteiger partial charge in [-0.25, -0.2) is 4.98 Å². The molecular formula is C13H11ClN2O2. The van der Waals surface area contributed by atoms with Crippen LogP contribution in [0.1, 0.15) is 11.3 Å². The molecule has 2 heterocycles. The number of amides is 1. The summed E-state index contributed by atoms with van der Waals surface area (Å²) in [7, 11) is 0. The highest BCUT2D eigenvalue weighted by molar-refractivity contribution is 6.32. The van der Waals surface area contributed by atoms with E-state index < -0.39 is 0 Å². The van der Waals surface area contributed by atoms with Crippen molar-refractivity contribution in [1.29, 1.82) is 0 Å². The van der Waals surface area contributed by atoms with Crippen LogP contribution in [0.15, 0.2) is 41.2 Å². The van der Waals surface area contributed by atoms with Gasteiger partial charge in [0, 0.05) is 12.3 Å². The smallest absolute Gasteiger partial charge is 0.248 e. The van der Waals surface area contributed by atoms with Crippen LogP contribution in [-0.4, -0.2) is 10.9 Å². The predicted molar refractivity (Wildman–Crippen MR) is 70.4 cm³/mol. The lowest BCUT2D eigenvalue weighted by atomic mass is 10.2. The third-order valence-electron chi connectivity index (χ3n) is 2.30. The van der Waals surface area contributed by atoms with E-state index in [0.29, 0.717) is 11.4 Å². The Kier molecular flexibility index (Phi) is 3.79. The van der Waals surface area contributed by atoms with Crippen LogP contribution in [0.3, 0.4) is 0 Å². The Bertz CT molecular complexity index is 556. The first kappa shape index (κ1) is 12.4. The largest absolute Gasteiger partial charge is 0.465 e. The molecule has 4 nitrogen and oxygen atoms in total. The van der Waals surface area contributed by atoms with Gasteiger partial charge in [-0.2, -0.15) is 0 Å². The lowest BCUT2D eigenvalue weighted by Crippen LogP contribution is -2.09. The van der Waals surface area contributed by atoms with Crippen LogP contribution in [0.4, 0.5) is 5.69 Å². The fourth-order valence-electron chi connectivity index (χ4n) is 1.38. The van der Waals surface area contributed by atoms with Crippen molar-refractivity contribution in [1.82, 2.24) is 4.98 Å². The van der Waals surface area contributed by atoms with E-state index >= 15 is 0 Å². The molecular weight excluding hydrogens is 252 g/mol. The number of hydrogen-bond donors (Lipinski definition) is 1. The van der Waals surface area contributed by atoms with E-state index in [0.717, 1.165) is 5.56 Å². The van der Waals surface area contributed by atoms with Gasteiger partial charge in [-0.3, -0.25) is 4.79 Å². The van der Waals surface area contributed by atoms with Gasteiger partial charge < -0.3 is 9.73 Å². The number of aryl methyl sites for hydroxylation is 1. The third-order valence-corrected chi connectivity index (χ3v) is 2.59. The number of furan rings is 1. The monoisotopic (exact) mass is 262 g/mol. The predicted octanol–water partition coefficient (Wildman–Crippen LogP) is 3.29. The minimum absolute atomic E-state index is 0.273. The molecule has 2 aromatic rings. The average molecular weight is 263 g/mol. The van der Waals surface area contributed by atoms with Gasteiger partial charge in [0.2, 0.25) is 5.91 Å². The van der Waals surface area contributed by atoms with Gasteiger partial charge in [0.05, 0.1) is 12.0 Å². The van der Waals surface area contributed by atoms with Crippen molar-refractivity contribution < 1.29 is 9.21 Å². The first-order chi connectivity index (χ1) is 8.66. The maximum atomic E-state index is 11.7. The van der Waals surface area contributed by atoms with Crippen molar-refractivity contribution in [2.45, 2.75) is 6.92 Å². The molecule has 1 N–H and O–H groups in total. The van der Waals surface area contributed by atoms with Gasteiger partial charge in [0.15, 0.2) is 5.15 Å². The summed E-state index contributed by atoms with van der Waals surface area (Å²) in [5.41, 5.74) is 1.38. The lowest BCUT2D eigenvalue weighted by molar-refractivity contribution is -0.111. The summed E-state index contributed by atoms with van der Waals surface area (Å²) in [4.78, 5) is 15.6. The molecule has 0 radical (unpaired) electrons. The molecule has 0 fully saturated rings. The highest BCUT2D eigenvalue weighted by atomic mass is 35.5. The van der Waals surface area contributed by atoms with Crippen LogP contribution >= 0.6 is 11.6 Å². The second kappa shape index (κ2) is 5.51. The Morgan fingerprint density at radius 2 is 2.33 bits per heavy atom. The van der Waals surface area contributed by atoms with E-state index in [9.17, 15) is 4.79 Å². The van der Waals surface area contributed by atoms with Crippen molar-refractivity contribution >= 4 is 29.3 Å². The second-order valence-corrected chi connectivity index (χ2v) is 3.99. The van der Waals surface area contributed by atoms with Gasteiger partial charge in [-0.15, -0.1) is 0 Å². The zero-order valence-corrected chi connectivity index (χ0v) is 10.4. The highest BCUT2D eigenvalue weighted by Crippen LogP contribution is 2.22. The van der Waals surface area contributed by atoms with E-state index in [2.05, 4.69) is 10.3 Å². The molecule has 18 heavy (non-hydrogen) atoms. The molecule has 5 heteroatoms. The minimum atomic E-state index is -0.288. The number of carbonyl (C=O) groups excluding carboxylic acids is 1. The molecule has 0 saturated carbocycles. The molecule has 0 unspecified atom stereocenters. The summed E-state index contributed by atoms with van der Waals surface area (Å²) in [6, 6.07) is 5.28. The fraction of sp³-hybridized carbons (Fsp3) is 0.0769. The number of nitrogens with one attached hydrogen (secondary N) is 1. The Balaban J connectivity index is 2.08. The first-order valence-corrected chi connectivity index (χ1v) is 5.68. The van der Waals surface area contributed by atoms with Gasteiger partial charge >= 0.3 is 0 Å². The summed E-state index contributed by atoms with van der Waals surface area (Å²) >= 11 is 5.90. The molecule has 0 bridgehead atoms. The van der Waals surface area contributed by atoms with E-state index in [1.165, 1.54) is 6.08 Å². The van der Waals surface area contributed by atoms with Crippen molar-refractivity contribution in [2.75, 3.05) is 5.32 Å². The maximum absolute atomic E-state index is 11.7. The zero-order chi connectivity index (χ0) is 13.0. The molecule has 0 aliphatic rings. The number of carbonyl (C=O) groups is 1. The summed E-state index contributed by atoms with van der Waals surface area (Å²) < 4.78 is 5.08. The van der Waals surface area contributed by atoms with Crippen molar-refractivity contribution in [3.63, 3.8) is 0 Å². The quantitative estimate of drug-likeness (QED) is 0.682. The number of halogens is 1. The van der Waals surface area contributed by atoms with E-state index in [1.807, 2.05) is 6.92 Å². The number of anilines is 1. The molecule has 2 aromatic heterocycles.